The predicted octanol–water partition coefficient (Wildman–Crippen LogP) is 1.70. The van der Waals surface area contributed by atoms with E-state index in [4.69, 9.17) is 15.6 Å². The molecule has 0 atom stereocenters. The van der Waals surface area contributed by atoms with E-state index in [1.165, 1.54) is 13.8 Å². The van der Waals surface area contributed by atoms with E-state index < -0.39 is 23.0 Å². The fraction of sp³-hybridized carbons (Fsp3) is 0.400. The molecule has 0 saturated carbocycles. The lowest BCUT2D eigenvalue weighted by Crippen LogP contribution is -2.33. The Kier molecular flexibility index (Phi) is 3.14. The van der Waals surface area contributed by atoms with Gasteiger partial charge in [0.25, 0.3) is 0 Å². The first-order chi connectivity index (χ1) is 6.85. The summed E-state index contributed by atoms with van der Waals surface area (Å²) in [5.74, 6) is -2.29. The zero-order valence-electron chi connectivity index (χ0n) is 8.55. The van der Waals surface area contributed by atoms with Crippen molar-refractivity contribution in [2.45, 2.75) is 19.4 Å². The van der Waals surface area contributed by atoms with E-state index in [0.29, 0.717) is 0 Å². The third kappa shape index (κ3) is 2.79. The molecule has 0 aliphatic rings. The van der Waals surface area contributed by atoms with Crippen molar-refractivity contribution in [3.05, 3.63) is 23.8 Å². The number of aliphatic hydroxyl groups is 1. The second kappa shape index (κ2) is 4.02. The van der Waals surface area contributed by atoms with Crippen molar-refractivity contribution in [2.24, 2.45) is 0 Å². The zero-order valence-corrected chi connectivity index (χ0v) is 8.55. The minimum Gasteiger partial charge on any atom is -0.479 e. The standard InChI is InChI=1S/C10H13F2NO2/c1-10(2,5-14)15-9-7(11)3-6(13)4-8(9)12/h3-4,14H,5,13H2,1-2H3. The molecule has 0 radical (unpaired) electrons. The summed E-state index contributed by atoms with van der Waals surface area (Å²) in [6.45, 7) is 2.68. The molecule has 0 saturated heterocycles. The van der Waals surface area contributed by atoms with Crippen molar-refractivity contribution in [1.29, 1.82) is 0 Å². The van der Waals surface area contributed by atoms with Crippen LogP contribution in [0, 0.1) is 11.6 Å². The highest BCUT2D eigenvalue weighted by Gasteiger charge is 2.23. The van der Waals surface area contributed by atoms with Crippen LogP contribution in [0.15, 0.2) is 12.1 Å². The van der Waals surface area contributed by atoms with Gasteiger partial charge in [0.1, 0.15) is 5.60 Å². The average molecular weight is 217 g/mol. The predicted molar refractivity (Wildman–Crippen MR) is 52.6 cm³/mol. The molecule has 0 unspecified atom stereocenters. The molecule has 1 aromatic rings. The van der Waals surface area contributed by atoms with Gasteiger partial charge in [0.2, 0.25) is 0 Å². The summed E-state index contributed by atoms with van der Waals surface area (Å²) in [4.78, 5) is 0. The topological polar surface area (TPSA) is 55.5 Å². The van der Waals surface area contributed by atoms with Crippen LogP contribution in [0.4, 0.5) is 14.5 Å². The number of rotatable bonds is 3. The van der Waals surface area contributed by atoms with Crippen LogP contribution in [0.25, 0.3) is 0 Å². The SMILES string of the molecule is CC(C)(CO)Oc1c(F)cc(N)cc1F. The minimum absolute atomic E-state index is 0.0147. The zero-order chi connectivity index (χ0) is 11.6. The van der Waals surface area contributed by atoms with Gasteiger partial charge < -0.3 is 15.6 Å². The number of hydrogen-bond acceptors (Lipinski definition) is 3. The van der Waals surface area contributed by atoms with Crippen molar-refractivity contribution in [3.63, 3.8) is 0 Å². The Hall–Kier alpha value is -1.36. The molecule has 0 aliphatic carbocycles. The maximum atomic E-state index is 13.3. The monoisotopic (exact) mass is 217 g/mol. The summed E-state index contributed by atoms with van der Waals surface area (Å²) in [5, 5.41) is 8.90. The third-order valence-corrected chi connectivity index (χ3v) is 1.78. The minimum atomic E-state index is -1.04. The first kappa shape index (κ1) is 11.7. The molecule has 0 amide bonds. The molecular weight excluding hydrogens is 204 g/mol. The number of aliphatic hydroxyl groups excluding tert-OH is 1. The van der Waals surface area contributed by atoms with Gasteiger partial charge in [-0.3, -0.25) is 0 Å². The van der Waals surface area contributed by atoms with E-state index in [1.807, 2.05) is 0 Å². The fourth-order valence-corrected chi connectivity index (χ4v) is 0.986. The Labute approximate surface area is 86.5 Å². The normalized spacial score (nSPS) is 11.5. The van der Waals surface area contributed by atoms with Gasteiger partial charge in [0, 0.05) is 17.8 Å². The number of nitrogen functional groups attached to an aromatic ring is 1. The van der Waals surface area contributed by atoms with Crippen LogP contribution in [0.1, 0.15) is 13.8 Å². The molecule has 5 heteroatoms. The molecular formula is C10H13F2NO2. The fourth-order valence-electron chi connectivity index (χ4n) is 0.986. The first-order valence-corrected chi connectivity index (χ1v) is 4.40. The van der Waals surface area contributed by atoms with Gasteiger partial charge in [-0.2, -0.15) is 0 Å². The Morgan fingerprint density at radius 2 is 1.80 bits per heavy atom. The highest BCUT2D eigenvalue weighted by Crippen LogP contribution is 2.27. The van der Waals surface area contributed by atoms with E-state index in [1.54, 1.807) is 0 Å². The molecule has 1 aromatic carbocycles. The Bertz CT molecular complexity index is 343. The number of nitrogens with two attached hydrogens (primary N) is 1. The van der Waals surface area contributed by atoms with Gasteiger partial charge in [0.05, 0.1) is 6.61 Å². The molecule has 0 bridgehead atoms. The maximum absolute atomic E-state index is 13.3. The third-order valence-electron chi connectivity index (χ3n) is 1.78. The molecule has 0 aromatic heterocycles. The Balaban J connectivity index is 3.05. The Morgan fingerprint density at radius 3 is 2.20 bits per heavy atom. The molecule has 0 spiro atoms. The van der Waals surface area contributed by atoms with Crippen LogP contribution in [0.2, 0.25) is 0 Å². The molecule has 0 aliphatic heterocycles. The van der Waals surface area contributed by atoms with Gasteiger partial charge >= 0.3 is 0 Å². The molecule has 15 heavy (non-hydrogen) atoms. The lowest BCUT2D eigenvalue weighted by molar-refractivity contribution is 0.0344. The van der Waals surface area contributed by atoms with Crippen molar-refractivity contribution in [2.75, 3.05) is 12.3 Å². The Morgan fingerprint density at radius 1 is 1.33 bits per heavy atom. The van der Waals surface area contributed by atoms with E-state index >= 15 is 0 Å². The van der Waals surface area contributed by atoms with Crippen molar-refractivity contribution in [1.82, 2.24) is 0 Å². The van der Waals surface area contributed by atoms with Crippen LogP contribution in [-0.4, -0.2) is 17.3 Å². The number of anilines is 1. The average Bonchev–Trinajstić information content (AvgIpc) is 2.11. The highest BCUT2D eigenvalue weighted by molar-refractivity contribution is 5.44. The van der Waals surface area contributed by atoms with E-state index in [2.05, 4.69) is 0 Å². The summed E-state index contributed by atoms with van der Waals surface area (Å²) < 4.78 is 31.5. The summed E-state index contributed by atoms with van der Waals surface area (Å²) in [6, 6.07) is 1.93. The second-order valence-electron chi connectivity index (χ2n) is 3.83. The lowest BCUT2D eigenvalue weighted by Gasteiger charge is -2.24. The van der Waals surface area contributed by atoms with Crippen LogP contribution in [0.5, 0.6) is 5.75 Å². The van der Waals surface area contributed by atoms with Crippen LogP contribution in [0.3, 0.4) is 0 Å². The van der Waals surface area contributed by atoms with Gasteiger partial charge in [-0.1, -0.05) is 0 Å². The molecule has 3 nitrogen and oxygen atoms in total. The first-order valence-electron chi connectivity index (χ1n) is 4.40. The number of benzene rings is 1. The maximum Gasteiger partial charge on any atom is 0.191 e. The van der Waals surface area contributed by atoms with Crippen LogP contribution < -0.4 is 10.5 Å². The van der Waals surface area contributed by atoms with E-state index in [9.17, 15) is 8.78 Å². The molecule has 3 N–H and O–H groups in total. The molecule has 0 heterocycles. The highest BCUT2D eigenvalue weighted by atomic mass is 19.1. The second-order valence-corrected chi connectivity index (χ2v) is 3.83. The number of ether oxygens (including phenoxy) is 1. The summed E-state index contributed by atoms with van der Waals surface area (Å²) in [7, 11) is 0. The van der Waals surface area contributed by atoms with Gasteiger partial charge in [0.15, 0.2) is 17.4 Å². The van der Waals surface area contributed by atoms with Crippen molar-refractivity contribution >= 4 is 5.69 Å². The van der Waals surface area contributed by atoms with Crippen molar-refractivity contribution < 1.29 is 18.6 Å². The van der Waals surface area contributed by atoms with Crippen LogP contribution >= 0.6 is 0 Å². The molecule has 1 rings (SSSR count). The van der Waals surface area contributed by atoms with Gasteiger partial charge in [-0.15, -0.1) is 0 Å². The van der Waals surface area contributed by atoms with Gasteiger partial charge in [-0.05, 0) is 13.8 Å². The van der Waals surface area contributed by atoms with E-state index in [0.717, 1.165) is 12.1 Å². The smallest absolute Gasteiger partial charge is 0.191 e. The summed E-state index contributed by atoms with van der Waals surface area (Å²) >= 11 is 0. The number of halogens is 2. The van der Waals surface area contributed by atoms with Gasteiger partial charge in [-0.25, -0.2) is 8.78 Å². The lowest BCUT2D eigenvalue weighted by atomic mass is 10.1. The number of hydrogen-bond donors (Lipinski definition) is 2. The summed E-state index contributed by atoms with van der Waals surface area (Å²) in [6.07, 6.45) is 0. The largest absolute Gasteiger partial charge is 0.479 e. The van der Waals surface area contributed by atoms with Crippen LogP contribution in [-0.2, 0) is 0 Å². The molecule has 84 valence electrons. The summed E-state index contributed by atoms with van der Waals surface area (Å²) in [5.41, 5.74) is 4.18. The molecule has 0 fully saturated rings. The quantitative estimate of drug-likeness (QED) is 0.757. The van der Waals surface area contributed by atoms with E-state index in [-0.39, 0.29) is 12.3 Å². The van der Waals surface area contributed by atoms with Crippen molar-refractivity contribution in [3.8, 4) is 5.75 Å².